The van der Waals surface area contributed by atoms with E-state index >= 15 is 0 Å². The van der Waals surface area contributed by atoms with Gasteiger partial charge in [-0.15, -0.1) is 0 Å². The van der Waals surface area contributed by atoms with Crippen molar-refractivity contribution < 1.29 is 4.79 Å². The molecule has 0 amide bonds. The van der Waals surface area contributed by atoms with Crippen LogP contribution in [0.15, 0.2) is 0 Å². The highest BCUT2D eigenvalue weighted by Crippen LogP contribution is 2.76. The number of carbonyl (C=O) groups is 1. The molecule has 1 heteroatoms. The van der Waals surface area contributed by atoms with E-state index in [2.05, 4.69) is 27.7 Å². The van der Waals surface area contributed by atoms with Crippen molar-refractivity contribution in [3.05, 3.63) is 0 Å². The van der Waals surface area contributed by atoms with Gasteiger partial charge in [-0.2, -0.15) is 0 Å². The maximum absolute atomic E-state index is 10.7. The first kappa shape index (κ1) is 7.77. The topological polar surface area (TPSA) is 17.1 Å². The molecule has 1 aliphatic rings. The molecule has 1 fully saturated rings. The zero-order valence-electron chi connectivity index (χ0n) is 7.49. The molecule has 0 aromatic carbocycles. The summed E-state index contributed by atoms with van der Waals surface area (Å²) < 4.78 is 0. The van der Waals surface area contributed by atoms with Crippen LogP contribution in [0.25, 0.3) is 0 Å². The van der Waals surface area contributed by atoms with Gasteiger partial charge in [-0.05, 0) is 10.8 Å². The van der Waals surface area contributed by atoms with E-state index in [1.165, 1.54) is 0 Å². The van der Waals surface area contributed by atoms with Gasteiger partial charge in [0.15, 0.2) is 0 Å². The highest BCUT2D eigenvalue weighted by molar-refractivity contribution is 5.69. The van der Waals surface area contributed by atoms with Crippen molar-refractivity contribution in [2.45, 2.75) is 34.6 Å². The van der Waals surface area contributed by atoms with Crippen LogP contribution in [0.2, 0.25) is 0 Å². The molecule has 0 radical (unpaired) electrons. The molecule has 1 nitrogen and oxygen atoms in total. The maximum Gasteiger partial charge on any atom is 0.126 e. The Hall–Kier alpha value is -0.330. The molecule has 0 saturated heterocycles. The molecule has 0 heterocycles. The first-order valence-electron chi connectivity index (χ1n) is 3.77. The summed E-state index contributed by atoms with van der Waals surface area (Å²) >= 11 is 0. The summed E-state index contributed by atoms with van der Waals surface area (Å²) in [4.78, 5) is 10.7. The van der Waals surface area contributed by atoms with Crippen molar-refractivity contribution in [1.82, 2.24) is 0 Å². The van der Waals surface area contributed by atoms with Gasteiger partial charge in [-0.25, -0.2) is 0 Å². The van der Waals surface area contributed by atoms with E-state index in [-0.39, 0.29) is 16.2 Å². The molecule has 0 aromatic heterocycles. The van der Waals surface area contributed by atoms with Gasteiger partial charge in [0.1, 0.15) is 6.29 Å². The quantitative estimate of drug-likeness (QED) is 0.510. The first-order chi connectivity index (χ1) is 4.31. The zero-order valence-corrected chi connectivity index (χ0v) is 7.49. The van der Waals surface area contributed by atoms with E-state index in [4.69, 9.17) is 0 Å². The van der Waals surface area contributed by atoms with Gasteiger partial charge < -0.3 is 4.79 Å². The van der Waals surface area contributed by atoms with E-state index in [0.29, 0.717) is 0 Å². The van der Waals surface area contributed by atoms with Gasteiger partial charge in [0, 0.05) is 5.41 Å². The van der Waals surface area contributed by atoms with Crippen LogP contribution in [-0.4, -0.2) is 6.29 Å². The van der Waals surface area contributed by atoms with Crippen LogP contribution in [0.1, 0.15) is 34.6 Å². The number of aldehydes is 1. The number of hydrogen-bond acceptors (Lipinski definition) is 1. The number of carbonyl (C=O) groups excluding carboxylic acids is 1. The smallest absolute Gasteiger partial charge is 0.126 e. The van der Waals surface area contributed by atoms with E-state index in [0.717, 1.165) is 6.29 Å². The molecule has 0 aromatic rings. The van der Waals surface area contributed by atoms with Crippen molar-refractivity contribution in [3.63, 3.8) is 0 Å². The molecule has 10 heavy (non-hydrogen) atoms. The summed E-state index contributed by atoms with van der Waals surface area (Å²) in [5.41, 5.74) is 0.267. The summed E-state index contributed by atoms with van der Waals surface area (Å²) in [6.07, 6.45) is 1.10. The van der Waals surface area contributed by atoms with Crippen LogP contribution in [0, 0.1) is 16.2 Å². The second-order valence-corrected chi connectivity index (χ2v) is 4.57. The molecular weight excluding hydrogens is 124 g/mol. The van der Waals surface area contributed by atoms with Gasteiger partial charge in [0.05, 0.1) is 0 Å². The van der Waals surface area contributed by atoms with Gasteiger partial charge in [-0.1, -0.05) is 34.6 Å². The highest BCUT2D eigenvalue weighted by atomic mass is 16.1. The monoisotopic (exact) mass is 140 g/mol. The molecule has 0 bridgehead atoms. The van der Waals surface area contributed by atoms with Gasteiger partial charge >= 0.3 is 0 Å². The third-order valence-electron chi connectivity index (χ3n) is 4.33. The standard InChI is InChI=1S/C9H16O/c1-7(2)8(3,4)9(7,5)6-10/h6H,1-5H3. The fraction of sp³-hybridized carbons (Fsp3) is 0.889. The molecule has 0 aliphatic heterocycles. The van der Waals surface area contributed by atoms with E-state index < -0.39 is 0 Å². The maximum atomic E-state index is 10.7. The number of rotatable bonds is 1. The Labute approximate surface area is 62.8 Å². The third-order valence-corrected chi connectivity index (χ3v) is 4.33. The SMILES string of the molecule is CC1(C)C(C)(C)C1(C)C=O. The Morgan fingerprint density at radius 1 is 0.900 bits per heavy atom. The van der Waals surface area contributed by atoms with Gasteiger partial charge in [0.25, 0.3) is 0 Å². The summed E-state index contributed by atoms with van der Waals surface area (Å²) in [7, 11) is 0. The predicted molar refractivity (Wildman–Crippen MR) is 41.7 cm³/mol. The van der Waals surface area contributed by atoms with Crippen LogP contribution < -0.4 is 0 Å². The van der Waals surface area contributed by atoms with Crippen LogP contribution in [0.3, 0.4) is 0 Å². The Balaban J connectivity index is 3.00. The molecule has 0 spiro atoms. The molecule has 1 aliphatic carbocycles. The molecule has 0 unspecified atom stereocenters. The normalized spacial score (nSPS) is 31.3. The lowest BCUT2D eigenvalue weighted by atomic mass is 10.0. The van der Waals surface area contributed by atoms with Gasteiger partial charge in [-0.3, -0.25) is 0 Å². The average molecular weight is 140 g/mol. The predicted octanol–water partition coefficient (Wildman–Crippen LogP) is 2.26. The second-order valence-electron chi connectivity index (χ2n) is 4.57. The summed E-state index contributed by atoms with van der Waals surface area (Å²) in [5, 5.41) is 0. The Morgan fingerprint density at radius 3 is 1.20 bits per heavy atom. The average Bonchev–Trinajstić information content (AvgIpc) is 2.11. The van der Waals surface area contributed by atoms with E-state index in [1.54, 1.807) is 0 Å². The van der Waals surface area contributed by atoms with Crippen molar-refractivity contribution >= 4 is 6.29 Å². The van der Waals surface area contributed by atoms with Crippen LogP contribution in [0.5, 0.6) is 0 Å². The van der Waals surface area contributed by atoms with E-state index in [1.807, 2.05) is 6.92 Å². The fourth-order valence-electron chi connectivity index (χ4n) is 1.93. The fourth-order valence-corrected chi connectivity index (χ4v) is 1.93. The lowest BCUT2D eigenvalue weighted by molar-refractivity contribution is -0.113. The van der Waals surface area contributed by atoms with Crippen LogP contribution in [-0.2, 0) is 4.79 Å². The van der Waals surface area contributed by atoms with Gasteiger partial charge in [0.2, 0.25) is 0 Å². The molecule has 58 valence electrons. The Bertz CT molecular complexity index is 163. The summed E-state index contributed by atoms with van der Waals surface area (Å²) in [6.45, 7) is 10.7. The Morgan fingerprint density at radius 2 is 1.20 bits per heavy atom. The Kier molecular flexibility index (Phi) is 1.14. The first-order valence-corrected chi connectivity index (χ1v) is 3.77. The van der Waals surface area contributed by atoms with Crippen molar-refractivity contribution in [1.29, 1.82) is 0 Å². The number of hydrogen-bond donors (Lipinski definition) is 0. The molecule has 1 rings (SSSR count). The largest absolute Gasteiger partial charge is 0.303 e. The molecule has 0 N–H and O–H groups in total. The lowest BCUT2D eigenvalue weighted by Crippen LogP contribution is -2.05. The minimum atomic E-state index is -0.0972. The van der Waals surface area contributed by atoms with Crippen LogP contribution >= 0.6 is 0 Å². The summed E-state index contributed by atoms with van der Waals surface area (Å²) in [5.74, 6) is 0. The molecule has 0 atom stereocenters. The van der Waals surface area contributed by atoms with Crippen molar-refractivity contribution in [2.24, 2.45) is 16.2 Å². The minimum Gasteiger partial charge on any atom is -0.303 e. The second kappa shape index (κ2) is 1.46. The zero-order chi connectivity index (χ0) is 8.21. The van der Waals surface area contributed by atoms with Crippen molar-refractivity contribution in [2.75, 3.05) is 0 Å². The molecule has 1 saturated carbocycles. The lowest BCUT2D eigenvalue weighted by Gasteiger charge is -2.03. The minimum absolute atomic E-state index is 0.0972. The third kappa shape index (κ3) is 0.446. The molecular formula is C9H16O. The van der Waals surface area contributed by atoms with Crippen molar-refractivity contribution in [3.8, 4) is 0 Å². The van der Waals surface area contributed by atoms with E-state index in [9.17, 15) is 4.79 Å². The summed E-state index contributed by atoms with van der Waals surface area (Å²) in [6, 6.07) is 0. The highest BCUT2D eigenvalue weighted by Gasteiger charge is 2.74. The van der Waals surface area contributed by atoms with Crippen LogP contribution in [0.4, 0.5) is 0 Å².